The quantitative estimate of drug-likeness (QED) is 0.300. The molecule has 184 valence electrons. The third kappa shape index (κ3) is 514. The van der Waals surface area contributed by atoms with E-state index in [-0.39, 0.29) is 22.2 Å². The summed E-state index contributed by atoms with van der Waals surface area (Å²) in [6.45, 7) is 24.9. The van der Waals surface area contributed by atoms with Crippen molar-refractivity contribution >= 4 is 15.6 Å². The van der Waals surface area contributed by atoms with Crippen LogP contribution in [0, 0.1) is 0 Å². The van der Waals surface area contributed by atoms with E-state index in [1.807, 2.05) is 0 Å². The van der Waals surface area contributed by atoms with Crippen molar-refractivity contribution in [2.75, 3.05) is 0 Å². The van der Waals surface area contributed by atoms with Crippen molar-refractivity contribution in [3.05, 3.63) is 0 Å². The number of quaternary nitrogens is 4. The molecule has 0 bridgehead atoms. The van der Waals surface area contributed by atoms with Gasteiger partial charge in [-0.25, -0.2) is 0 Å². The lowest BCUT2D eigenvalue weighted by Crippen LogP contribution is -2.67. The van der Waals surface area contributed by atoms with Gasteiger partial charge >= 0.3 is 0 Å². The second-order valence-electron chi connectivity index (χ2n) is 11.2. The highest BCUT2D eigenvalue weighted by atomic mass is 31.3. The van der Waals surface area contributed by atoms with Crippen LogP contribution in [-0.4, -0.2) is 22.2 Å². The van der Waals surface area contributed by atoms with Crippen molar-refractivity contribution in [2.24, 2.45) is 0 Å². The molecule has 13 heteroatoms. The van der Waals surface area contributed by atoms with Crippen molar-refractivity contribution < 1.29 is 55.9 Å². The smallest absolute Gasteiger partial charge is 0.0860 e. The van der Waals surface area contributed by atoms with Gasteiger partial charge in [-0.05, 0) is 83.1 Å². The molecular weight excluding hydrogens is 422 g/mol. The fraction of sp³-hybridized carbons (Fsp3) is 1.00. The van der Waals surface area contributed by atoms with Crippen molar-refractivity contribution in [1.29, 1.82) is 0 Å². The normalized spacial score (nSPS) is 12.6. The molecule has 11 nitrogen and oxygen atoms in total. The molecule has 0 aliphatic heterocycles. The Balaban J connectivity index is -0.0000000853. The van der Waals surface area contributed by atoms with E-state index in [0.29, 0.717) is 0 Å². The summed E-state index contributed by atoms with van der Waals surface area (Å²) in [6.07, 6.45) is 0. The lowest BCUT2D eigenvalue weighted by molar-refractivity contribution is -0.459. The lowest BCUT2D eigenvalue weighted by Gasteiger charge is -2.39. The van der Waals surface area contributed by atoms with E-state index in [0.717, 1.165) is 0 Å². The van der Waals surface area contributed by atoms with E-state index < -0.39 is 15.6 Å². The van der Waals surface area contributed by atoms with E-state index in [4.69, 9.17) is 0 Å². The van der Waals surface area contributed by atoms with Crippen LogP contribution in [0.4, 0.5) is 0 Å². The van der Waals surface area contributed by atoms with Crippen LogP contribution in [0.3, 0.4) is 0 Å². The Hall–Kier alpha value is 0.100. The second-order valence-corrected chi connectivity index (χ2v) is 13.7. The minimum atomic E-state index is -5.68. The van der Waals surface area contributed by atoms with Gasteiger partial charge in [-0.3, -0.25) is 0 Å². The SMILES string of the molecule is CC(C)(C)[NH3+].CC(C)(C)[NH3+].CC(C)(C)[NH3+].CC(C)(C)[NH3+].O=P([O-])([O-])OP(=O)([O-])[O-]. The molecule has 0 heterocycles. The molecule has 0 aliphatic carbocycles. The molecule has 0 aromatic rings. The summed E-state index contributed by atoms with van der Waals surface area (Å²) in [4.78, 5) is 37.3. The first kappa shape index (κ1) is 39.6. The van der Waals surface area contributed by atoms with Crippen LogP contribution in [0.2, 0.25) is 0 Å². The number of hydrogen-bond acceptors (Lipinski definition) is 7. The molecule has 0 aromatic carbocycles. The molecule has 0 spiro atoms. The minimum Gasteiger partial charge on any atom is -0.790 e. The Morgan fingerprint density at radius 1 is 0.483 bits per heavy atom. The number of rotatable bonds is 2. The Labute approximate surface area is 177 Å². The first-order valence-electron chi connectivity index (χ1n) is 8.87. The van der Waals surface area contributed by atoms with Crippen LogP contribution in [0.1, 0.15) is 83.1 Å². The summed E-state index contributed by atoms with van der Waals surface area (Å²) >= 11 is 0. The fourth-order valence-electron chi connectivity index (χ4n) is 0.122. The molecule has 0 radical (unpaired) electrons. The molecule has 0 atom stereocenters. The predicted molar refractivity (Wildman–Crippen MR) is 107 cm³/mol. The van der Waals surface area contributed by atoms with Crippen LogP contribution in [0.15, 0.2) is 0 Å². The predicted octanol–water partition coefficient (Wildman–Crippen LogP) is -3.23. The largest absolute Gasteiger partial charge is 0.790 e. The van der Waals surface area contributed by atoms with E-state index in [2.05, 4.69) is 110 Å². The second kappa shape index (κ2) is 15.0. The molecule has 0 saturated carbocycles. The maximum atomic E-state index is 9.32. The van der Waals surface area contributed by atoms with Gasteiger partial charge in [0.15, 0.2) is 0 Å². The topological polar surface area (TPSA) is 246 Å². The van der Waals surface area contributed by atoms with Gasteiger partial charge in [0.25, 0.3) is 0 Å². The average molecular weight is 471 g/mol. The summed E-state index contributed by atoms with van der Waals surface area (Å²) < 4.78 is 21.2. The first-order valence-corrected chi connectivity index (χ1v) is 11.8. The van der Waals surface area contributed by atoms with Crippen LogP contribution < -0.4 is 42.5 Å². The highest BCUT2D eigenvalue weighted by Gasteiger charge is 2.02. The molecule has 12 N–H and O–H groups in total. The third-order valence-corrected chi connectivity index (χ3v) is 1.80. The molecule has 29 heavy (non-hydrogen) atoms. The van der Waals surface area contributed by atoms with Gasteiger partial charge in [-0.15, -0.1) is 0 Å². The molecule has 0 unspecified atom stereocenters. The van der Waals surface area contributed by atoms with E-state index in [9.17, 15) is 28.7 Å². The van der Waals surface area contributed by atoms with Crippen LogP contribution in [-0.2, 0) is 13.4 Å². The summed E-state index contributed by atoms with van der Waals surface area (Å²) in [5, 5.41) is 0. The molecule has 0 saturated heterocycles. The molecular formula is C16H48N4O7P2. The Bertz CT molecular complexity index is 387. The van der Waals surface area contributed by atoms with Gasteiger partial charge in [0, 0.05) is 0 Å². The van der Waals surface area contributed by atoms with Crippen molar-refractivity contribution in [3.63, 3.8) is 0 Å². The maximum absolute atomic E-state index is 9.32. The standard InChI is InChI=1S/4C4H11N.H4O7P2/c4*1-4(2,3)5;1-8(2,3)7-9(4,5)6/h4*5H2,1-3H3;(H2,1,2,3)(H2,4,5,6). The summed E-state index contributed by atoms with van der Waals surface area (Å²) in [5.74, 6) is 0. The van der Waals surface area contributed by atoms with Gasteiger partial charge in [0.2, 0.25) is 0 Å². The number of phosphoric acid groups is 2. The van der Waals surface area contributed by atoms with Gasteiger partial charge in [0.1, 0.15) is 0 Å². The molecule has 0 aliphatic rings. The zero-order chi connectivity index (χ0) is 25.7. The maximum Gasteiger partial charge on any atom is 0.0860 e. The summed E-state index contributed by atoms with van der Waals surface area (Å²) in [6, 6.07) is 0. The Morgan fingerprint density at radius 2 is 0.552 bits per heavy atom. The van der Waals surface area contributed by atoms with E-state index >= 15 is 0 Å². The Kier molecular flexibility index (Phi) is 20.5. The highest BCUT2D eigenvalue weighted by Crippen LogP contribution is 2.42. The third-order valence-electron chi connectivity index (χ3n) is 0.200. The van der Waals surface area contributed by atoms with Crippen molar-refractivity contribution in [3.8, 4) is 0 Å². The molecule has 0 aromatic heterocycles. The van der Waals surface area contributed by atoms with Crippen molar-refractivity contribution in [2.45, 2.75) is 105 Å². The van der Waals surface area contributed by atoms with Crippen LogP contribution >= 0.6 is 15.6 Å². The fourth-order valence-corrected chi connectivity index (χ4v) is 1.10. The highest BCUT2D eigenvalue weighted by molar-refractivity contribution is 7.57. The summed E-state index contributed by atoms with van der Waals surface area (Å²) in [7, 11) is -11.4. The molecule has 0 fully saturated rings. The zero-order valence-corrected chi connectivity index (χ0v) is 22.4. The van der Waals surface area contributed by atoms with Crippen molar-refractivity contribution in [1.82, 2.24) is 0 Å². The average Bonchev–Trinajstić information content (AvgIpc) is 1.94. The number of hydrogen-bond donors (Lipinski definition) is 4. The molecule has 0 rings (SSSR count). The van der Waals surface area contributed by atoms with Crippen LogP contribution in [0.5, 0.6) is 0 Å². The minimum absolute atomic E-state index is 0.250. The van der Waals surface area contributed by atoms with Gasteiger partial charge in [0.05, 0.1) is 37.8 Å². The van der Waals surface area contributed by atoms with Gasteiger partial charge in [-0.1, -0.05) is 0 Å². The lowest BCUT2D eigenvalue weighted by atomic mass is 10.1. The van der Waals surface area contributed by atoms with E-state index in [1.54, 1.807) is 0 Å². The summed E-state index contributed by atoms with van der Waals surface area (Å²) in [5.41, 5.74) is 16.1. The monoisotopic (exact) mass is 470 g/mol. The first-order chi connectivity index (χ1) is 11.7. The van der Waals surface area contributed by atoms with E-state index in [1.165, 1.54) is 0 Å². The van der Waals surface area contributed by atoms with Crippen LogP contribution in [0.25, 0.3) is 0 Å². The zero-order valence-electron chi connectivity index (χ0n) is 20.6. The van der Waals surface area contributed by atoms with Gasteiger partial charge < -0.3 is 55.9 Å². The molecule has 0 amide bonds. The Morgan fingerprint density at radius 3 is 0.552 bits per heavy atom. The van der Waals surface area contributed by atoms with Gasteiger partial charge in [-0.2, -0.15) is 0 Å².